The summed E-state index contributed by atoms with van der Waals surface area (Å²) in [5, 5.41) is 2.84. The Hall–Kier alpha value is -3.80. The first-order chi connectivity index (χ1) is 18.8. The Balaban J connectivity index is 1.40. The molecule has 11 heteroatoms. The highest BCUT2D eigenvalue weighted by molar-refractivity contribution is 7.89. The van der Waals surface area contributed by atoms with Crippen LogP contribution in [0.15, 0.2) is 83.9 Å². The topological polar surface area (TPSA) is 118 Å². The number of pyridine rings is 1. The first-order valence-corrected chi connectivity index (χ1v) is 14.1. The predicted octanol–water partition coefficient (Wildman–Crippen LogP) is 2.21. The van der Waals surface area contributed by atoms with Crippen LogP contribution in [-0.2, 0) is 37.4 Å². The largest absolute Gasteiger partial charge is 0.484 e. The van der Waals surface area contributed by atoms with Gasteiger partial charge in [-0.1, -0.05) is 36.4 Å². The van der Waals surface area contributed by atoms with Crippen molar-refractivity contribution in [3.8, 4) is 5.75 Å². The summed E-state index contributed by atoms with van der Waals surface area (Å²) >= 11 is 0. The summed E-state index contributed by atoms with van der Waals surface area (Å²) in [7, 11) is -3.63. The van der Waals surface area contributed by atoms with Crippen molar-refractivity contribution in [1.29, 1.82) is 0 Å². The first kappa shape index (κ1) is 28.2. The molecule has 0 radical (unpaired) electrons. The molecule has 39 heavy (non-hydrogen) atoms. The van der Waals surface area contributed by atoms with Crippen LogP contribution in [0.3, 0.4) is 0 Å². The molecule has 0 saturated carbocycles. The van der Waals surface area contributed by atoms with Crippen LogP contribution in [0.1, 0.15) is 18.2 Å². The van der Waals surface area contributed by atoms with Gasteiger partial charge < -0.3 is 19.7 Å². The Bertz CT molecular complexity index is 1330. The summed E-state index contributed by atoms with van der Waals surface area (Å²) in [6.07, 6.45) is 1.65. The standard InChI is InChI=1S/C28H32N4O6S/c1-22(28(34)30-19-24-9-5-6-14-29-24)32(20-23-7-3-2-4-8-23)27(33)21-38-25-10-12-26(13-11-25)39(35,36)31-15-17-37-18-16-31/h2-14,22H,15-21H2,1H3,(H,30,34)/t22-/m1/s1. The molecule has 0 bridgehead atoms. The van der Waals surface area contributed by atoms with Gasteiger partial charge >= 0.3 is 0 Å². The number of aromatic nitrogens is 1. The third kappa shape index (κ3) is 7.62. The van der Waals surface area contributed by atoms with Crippen molar-refractivity contribution in [2.45, 2.75) is 31.0 Å². The molecule has 1 N–H and O–H groups in total. The van der Waals surface area contributed by atoms with Crippen LogP contribution in [0.2, 0.25) is 0 Å². The minimum atomic E-state index is -3.63. The number of hydrogen-bond acceptors (Lipinski definition) is 7. The Morgan fingerprint density at radius 1 is 1.03 bits per heavy atom. The minimum absolute atomic E-state index is 0.145. The summed E-state index contributed by atoms with van der Waals surface area (Å²) < 4.78 is 38.0. The number of nitrogens with zero attached hydrogens (tertiary/aromatic N) is 3. The van der Waals surface area contributed by atoms with Gasteiger partial charge in [0.1, 0.15) is 11.8 Å². The fraction of sp³-hybridized carbons (Fsp3) is 0.321. The molecule has 0 aliphatic carbocycles. The molecule has 2 amide bonds. The lowest BCUT2D eigenvalue weighted by atomic mass is 10.1. The highest BCUT2D eigenvalue weighted by Crippen LogP contribution is 2.21. The molecule has 1 saturated heterocycles. The van der Waals surface area contributed by atoms with E-state index in [9.17, 15) is 18.0 Å². The van der Waals surface area contributed by atoms with Gasteiger partial charge in [0.25, 0.3) is 5.91 Å². The highest BCUT2D eigenvalue weighted by Gasteiger charge is 2.28. The Morgan fingerprint density at radius 3 is 2.38 bits per heavy atom. The van der Waals surface area contributed by atoms with E-state index in [1.165, 1.54) is 33.5 Å². The van der Waals surface area contributed by atoms with Gasteiger partial charge in [0.15, 0.2) is 6.61 Å². The molecule has 1 aliphatic heterocycles. The fourth-order valence-corrected chi connectivity index (χ4v) is 5.47. The Morgan fingerprint density at radius 2 is 1.72 bits per heavy atom. The van der Waals surface area contributed by atoms with E-state index >= 15 is 0 Å². The van der Waals surface area contributed by atoms with Crippen molar-refractivity contribution < 1.29 is 27.5 Å². The molecular weight excluding hydrogens is 520 g/mol. The number of ether oxygens (including phenoxy) is 2. The molecule has 1 atom stereocenters. The number of hydrogen-bond donors (Lipinski definition) is 1. The zero-order valence-corrected chi connectivity index (χ0v) is 22.5. The maximum absolute atomic E-state index is 13.3. The van der Waals surface area contributed by atoms with Crippen LogP contribution < -0.4 is 10.1 Å². The van der Waals surface area contributed by atoms with Gasteiger partial charge in [-0.2, -0.15) is 4.31 Å². The van der Waals surface area contributed by atoms with Gasteiger partial charge in [0, 0.05) is 25.8 Å². The number of carbonyl (C=O) groups is 2. The van der Waals surface area contributed by atoms with Crippen molar-refractivity contribution in [2.75, 3.05) is 32.9 Å². The van der Waals surface area contributed by atoms with E-state index in [0.29, 0.717) is 37.7 Å². The number of amides is 2. The second-order valence-electron chi connectivity index (χ2n) is 9.00. The second-order valence-corrected chi connectivity index (χ2v) is 10.9. The lowest BCUT2D eigenvalue weighted by Gasteiger charge is -2.28. The average molecular weight is 553 g/mol. The third-order valence-electron chi connectivity index (χ3n) is 6.33. The van der Waals surface area contributed by atoms with E-state index in [1.54, 1.807) is 19.2 Å². The number of morpholine rings is 1. The molecule has 0 spiro atoms. The van der Waals surface area contributed by atoms with Crippen molar-refractivity contribution in [2.24, 2.45) is 0 Å². The quantitative estimate of drug-likeness (QED) is 0.388. The Labute approximate surface area is 228 Å². The molecular formula is C28H32N4O6S. The number of rotatable bonds is 11. The molecule has 1 fully saturated rings. The van der Waals surface area contributed by atoms with E-state index in [4.69, 9.17) is 9.47 Å². The van der Waals surface area contributed by atoms with E-state index < -0.39 is 16.1 Å². The lowest BCUT2D eigenvalue weighted by Crippen LogP contribution is -2.48. The molecule has 2 heterocycles. The van der Waals surface area contributed by atoms with Crippen molar-refractivity contribution >= 4 is 21.8 Å². The number of sulfonamides is 1. The van der Waals surface area contributed by atoms with Gasteiger partial charge in [-0.3, -0.25) is 14.6 Å². The van der Waals surface area contributed by atoms with Crippen molar-refractivity contribution in [3.05, 3.63) is 90.3 Å². The Kier molecular flexibility index (Phi) is 9.64. The summed E-state index contributed by atoms with van der Waals surface area (Å²) in [5.41, 5.74) is 1.58. The van der Waals surface area contributed by atoms with Gasteiger partial charge in [0.2, 0.25) is 15.9 Å². The first-order valence-electron chi connectivity index (χ1n) is 12.7. The molecule has 206 valence electrons. The monoisotopic (exact) mass is 552 g/mol. The summed E-state index contributed by atoms with van der Waals surface area (Å²) in [5.74, 6) is -0.358. The van der Waals surface area contributed by atoms with Crippen LogP contribution in [0, 0.1) is 0 Å². The highest BCUT2D eigenvalue weighted by atomic mass is 32.2. The van der Waals surface area contributed by atoms with Gasteiger partial charge in [0.05, 0.1) is 30.3 Å². The zero-order chi connectivity index (χ0) is 27.7. The number of nitrogens with one attached hydrogen (secondary N) is 1. The maximum atomic E-state index is 13.3. The molecule has 10 nitrogen and oxygen atoms in total. The molecule has 1 aliphatic rings. The normalized spacial score (nSPS) is 14.8. The van der Waals surface area contributed by atoms with Gasteiger partial charge in [-0.05, 0) is 48.9 Å². The maximum Gasteiger partial charge on any atom is 0.261 e. The molecule has 1 aromatic heterocycles. The second kappa shape index (κ2) is 13.3. The summed E-state index contributed by atoms with van der Waals surface area (Å²) in [6.45, 7) is 3.15. The smallest absolute Gasteiger partial charge is 0.261 e. The summed E-state index contributed by atoms with van der Waals surface area (Å²) in [6, 6.07) is 20.0. The molecule has 4 rings (SSSR count). The van der Waals surface area contributed by atoms with Crippen LogP contribution in [0.5, 0.6) is 5.75 Å². The van der Waals surface area contributed by atoms with E-state index in [1.807, 2.05) is 42.5 Å². The van der Waals surface area contributed by atoms with Crippen molar-refractivity contribution in [1.82, 2.24) is 19.5 Å². The molecule has 3 aromatic rings. The number of carbonyl (C=O) groups excluding carboxylic acids is 2. The molecule has 0 unspecified atom stereocenters. The molecule has 2 aromatic carbocycles. The average Bonchev–Trinajstić information content (AvgIpc) is 2.98. The van der Waals surface area contributed by atoms with E-state index in [-0.39, 0.29) is 36.4 Å². The van der Waals surface area contributed by atoms with Gasteiger partial charge in [-0.15, -0.1) is 0 Å². The van der Waals surface area contributed by atoms with Crippen LogP contribution in [-0.4, -0.2) is 73.4 Å². The SMILES string of the molecule is C[C@H](C(=O)NCc1ccccn1)N(Cc1ccccc1)C(=O)COc1ccc(S(=O)(=O)N2CCOCC2)cc1. The van der Waals surface area contributed by atoms with Crippen LogP contribution in [0.25, 0.3) is 0 Å². The van der Waals surface area contributed by atoms with Gasteiger partial charge in [-0.25, -0.2) is 8.42 Å². The fourth-order valence-electron chi connectivity index (χ4n) is 4.06. The van der Waals surface area contributed by atoms with Crippen molar-refractivity contribution in [3.63, 3.8) is 0 Å². The van der Waals surface area contributed by atoms with Crippen LogP contribution >= 0.6 is 0 Å². The van der Waals surface area contributed by atoms with E-state index in [0.717, 1.165) is 5.56 Å². The lowest BCUT2D eigenvalue weighted by molar-refractivity contribution is -0.142. The zero-order valence-electron chi connectivity index (χ0n) is 21.7. The van der Waals surface area contributed by atoms with E-state index in [2.05, 4.69) is 10.3 Å². The van der Waals surface area contributed by atoms with Crippen LogP contribution in [0.4, 0.5) is 0 Å². The number of benzene rings is 2. The predicted molar refractivity (Wildman–Crippen MR) is 144 cm³/mol. The third-order valence-corrected chi connectivity index (χ3v) is 8.24. The minimum Gasteiger partial charge on any atom is -0.484 e. The summed E-state index contributed by atoms with van der Waals surface area (Å²) in [4.78, 5) is 32.0.